The Bertz CT molecular complexity index is 555. The second kappa shape index (κ2) is 6.59. The van der Waals surface area contributed by atoms with Crippen LogP contribution in [-0.4, -0.2) is 22.0 Å². The lowest BCUT2D eigenvalue weighted by Gasteiger charge is -2.07. The molecule has 6 heteroatoms. The average molecular weight is 298 g/mol. The van der Waals surface area contributed by atoms with Crippen LogP contribution in [0.4, 0.5) is 0 Å². The molecule has 1 heterocycles. The van der Waals surface area contributed by atoms with Gasteiger partial charge < -0.3 is 9.88 Å². The lowest BCUT2D eigenvalue weighted by molar-refractivity contribution is 0.0953. The molecular formula is C13H13Cl2N3O. The lowest BCUT2D eigenvalue weighted by atomic mass is 10.2. The van der Waals surface area contributed by atoms with Crippen molar-refractivity contribution in [2.45, 2.75) is 13.0 Å². The number of hydrogen-bond donors (Lipinski definition) is 1. The predicted octanol–water partition coefficient (Wildman–Crippen LogP) is 3.01. The van der Waals surface area contributed by atoms with Crippen LogP contribution in [0.5, 0.6) is 0 Å². The van der Waals surface area contributed by atoms with Crippen molar-refractivity contribution in [3.8, 4) is 0 Å². The van der Waals surface area contributed by atoms with Gasteiger partial charge in [-0.25, -0.2) is 4.98 Å². The zero-order chi connectivity index (χ0) is 13.7. The van der Waals surface area contributed by atoms with Gasteiger partial charge in [0.05, 0.1) is 16.9 Å². The molecule has 0 aliphatic carbocycles. The number of hydrogen-bond acceptors (Lipinski definition) is 2. The van der Waals surface area contributed by atoms with Crippen LogP contribution in [0, 0.1) is 0 Å². The summed E-state index contributed by atoms with van der Waals surface area (Å²) < 4.78 is 1.96. The van der Waals surface area contributed by atoms with E-state index in [1.807, 2.05) is 10.8 Å². The maximum atomic E-state index is 11.9. The van der Waals surface area contributed by atoms with Crippen LogP contribution < -0.4 is 5.32 Å². The molecule has 0 unspecified atom stereocenters. The third kappa shape index (κ3) is 3.98. The van der Waals surface area contributed by atoms with Crippen molar-refractivity contribution >= 4 is 29.1 Å². The molecule has 1 N–H and O–H groups in total. The maximum absolute atomic E-state index is 11.9. The van der Waals surface area contributed by atoms with E-state index in [2.05, 4.69) is 10.3 Å². The van der Waals surface area contributed by atoms with Crippen molar-refractivity contribution < 1.29 is 4.79 Å². The molecule has 4 nitrogen and oxygen atoms in total. The molecule has 2 rings (SSSR count). The highest BCUT2D eigenvalue weighted by atomic mass is 35.5. The first kappa shape index (κ1) is 13.9. The van der Waals surface area contributed by atoms with Crippen LogP contribution in [0.25, 0.3) is 0 Å². The van der Waals surface area contributed by atoms with Crippen molar-refractivity contribution in [1.82, 2.24) is 14.9 Å². The minimum absolute atomic E-state index is 0.210. The van der Waals surface area contributed by atoms with Crippen molar-refractivity contribution in [3.05, 3.63) is 52.5 Å². The number of nitrogens with one attached hydrogen (secondary N) is 1. The van der Waals surface area contributed by atoms with Crippen LogP contribution in [-0.2, 0) is 6.54 Å². The minimum Gasteiger partial charge on any atom is -0.352 e. The van der Waals surface area contributed by atoms with Crippen LogP contribution in [0.1, 0.15) is 16.8 Å². The van der Waals surface area contributed by atoms with E-state index in [-0.39, 0.29) is 5.91 Å². The number of nitrogens with zero attached hydrogens (tertiary/aromatic N) is 2. The zero-order valence-electron chi connectivity index (χ0n) is 10.1. The fourth-order valence-corrected chi connectivity index (χ4v) is 2.02. The quantitative estimate of drug-likeness (QED) is 0.863. The van der Waals surface area contributed by atoms with E-state index < -0.39 is 0 Å². The number of benzene rings is 1. The molecule has 0 saturated heterocycles. The van der Waals surface area contributed by atoms with Crippen molar-refractivity contribution in [2.75, 3.05) is 6.54 Å². The van der Waals surface area contributed by atoms with E-state index in [1.54, 1.807) is 30.7 Å². The van der Waals surface area contributed by atoms with Gasteiger partial charge in [0.2, 0.25) is 0 Å². The van der Waals surface area contributed by atoms with Crippen molar-refractivity contribution in [2.24, 2.45) is 0 Å². The molecule has 0 aliphatic heterocycles. The minimum atomic E-state index is -0.210. The molecular weight excluding hydrogens is 285 g/mol. The van der Waals surface area contributed by atoms with Gasteiger partial charge in [-0.2, -0.15) is 0 Å². The van der Waals surface area contributed by atoms with Gasteiger partial charge in [0, 0.05) is 30.5 Å². The molecule has 0 fully saturated rings. The molecule has 1 aromatic carbocycles. The third-order valence-corrected chi connectivity index (χ3v) is 3.18. The summed E-state index contributed by atoms with van der Waals surface area (Å²) >= 11 is 11.8. The van der Waals surface area contributed by atoms with E-state index >= 15 is 0 Å². The van der Waals surface area contributed by atoms with Gasteiger partial charge in [-0.15, -0.1) is 0 Å². The summed E-state index contributed by atoms with van der Waals surface area (Å²) in [6.07, 6.45) is 6.18. The Labute approximate surface area is 121 Å². The molecule has 100 valence electrons. The first-order valence-corrected chi connectivity index (χ1v) is 6.61. The van der Waals surface area contributed by atoms with Gasteiger partial charge in [-0.1, -0.05) is 23.2 Å². The van der Waals surface area contributed by atoms with Gasteiger partial charge in [0.15, 0.2) is 0 Å². The Morgan fingerprint density at radius 1 is 1.37 bits per heavy atom. The fourth-order valence-electron chi connectivity index (χ4n) is 1.65. The second-order valence-electron chi connectivity index (χ2n) is 4.03. The summed E-state index contributed by atoms with van der Waals surface area (Å²) in [7, 11) is 0. The van der Waals surface area contributed by atoms with E-state index in [1.165, 1.54) is 0 Å². The highest BCUT2D eigenvalue weighted by Crippen LogP contribution is 2.20. The second-order valence-corrected chi connectivity index (χ2v) is 4.88. The Balaban J connectivity index is 1.82. The Morgan fingerprint density at radius 2 is 2.21 bits per heavy atom. The van der Waals surface area contributed by atoms with Crippen molar-refractivity contribution in [1.29, 1.82) is 0 Å². The summed E-state index contributed by atoms with van der Waals surface area (Å²) in [6, 6.07) is 4.83. The number of carbonyl (C=O) groups is 1. The first-order chi connectivity index (χ1) is 9.16. The lowest BCUT2D eigenvalue weighted by Crippen LogP contribution is -2.25. The Kier molecular flexibility index (Phi) is 4.82. The van der Waals surface area contributed by atoms with Gasteiger partial charge in [-0.3, -0.25) is 4.79 Å². The number of aromatic nitrogens is 2. The largest absolute Gasteiger partial charge is 0.352 e. The maximum Gasteiger partial charge on any atom is 0.252 e. The molecule has 1 amide bonds. The standard InChI is InChI=1S/C13H13Cl2N3O/c14-10-2-3-12(15)11(8-10)13(19)17-4-1-6-18-7-5-16-9-18/h2-3,5,7-9H,1,4,6H2,(H,17,19). The topological polar surface area (TPSA) is 46.9 Å². The third-order valence-electron chi connectivity index (χ3n) is 2.61. The van der Waals surface area contributed by atoms with Crippen LogP contribution in [0.3, 0.4) is 0 Å². The summed E-state index contributed by atoms with van der Waals surface area (Å²) in [4.78, 5) is 15.9. The molecule has 0 spiro atoms. The monoisotopic (exact) mass is 297 g/mol. The van der Waals surface area contributed by atoms with Crippen molar-refractivity contribution in [3.63, 3.8) is 0 Å². The summed E-state index contributed by atoms with van der Waals surface area (Å²) in [6.45, 7) is 1.38. The smallest absolute Gasteiger partial charge is 0.252 e. The van der Waals surface area contributed by atoms with Gasteiger partial charge in [-0.05, 0) is 24.6 Å². The summed E-state index contributed by atoms with van der Waals surface area (Å²) in [5.41, 5.74) is 0.400. The number of imidazole rings is 1. The molecule has 0 aliphatic rings. The Morgan fingerprint density at radius 3 is 2.95 bits per heavy atom. The number of carbonyl (C=O) groups excluding carboxylic acids is 1. The first-order valence-electron chi connectivity index (χ1n) is 5.86. The highest BCUT2D eigenvalue weighted by molar-refractivity contribution is 6.35. The fraction of sp³-hybridized carbons (Fsp3) is 0.231. The van der Waals surface area contributed by atoms with E-state index in [4.69, 9.17) is 23.2 Å². The van der Waals surface area contributed by atoms with Crippen LogP contribution in [0.15, 0.2) is 36.9 Å². The Hall–Kier alpha value is -1.52. The molecule has 0 radical (unpaired) electrons. The highest BCUT2D eigenvalue weighted by Gasteiger charge is 2.10. The van der Waals surface area contributed by atoms with Crippen LogP contribution in [0.2, 0.25) is 10.0 Å². The zero-order valence-corrected chi connectivity index (χ0v) is 11.7. The summed E-state index contributed by atoms with van der Waals surface area (Å²) in [5, 5.41) is 3.71. The molecule has 0 bridgehead atoms. The molecule has 1 aromatic heterocycles. The number of rotatable bonds is 5. The molecule has 2 aromatic rings. The van der Waals surface area contributed by atoms with Crippen LogP contribution >= 0.6 is 23.2 Å². The van der Waals surface area contributed by atoms with Gasteiger partial charge >= 0.3 is 0 Å². The predicted molar refractivity (Wildman–Crippen MR) is 75.6 cm³/mol. The van der Waals surface area contributed by atoms with Gasteiger partial charge in [0.1, 0.15) is 0 Å². The molecule has 19 heavy (non-hydrogen) atoms. The SMILES string of the molecule is O=C(NCCCn1ccnc1)c1cc(Cl)ccc1Cl. The number of halogens is 2. The van der Waals surface area contributed by atoms with E-state index in [9.17, 15) is 4.79 Å². The van der Waals surface area contributed by atoms with E-state index in [0.717, 1.165) is 13.0 Å². The normalized spacial score (nSPS) is 10.4. The number of amides is 1. The van der Waals surface area contributed by atoms with E-state index in [0.29, 0.717) is 22.2 Å². The number of aryl methyl sites for hydroxylation is 1. The van der Waals surface area contributed by atoms with Gasteiger partial charge in [0.25, 0.3) is 5.91 Å². The average Bonchev–Trinajstić information content (AvgIpc) is 2.90. The summed E-state index contributed by atoms with van der Waals surface area (Å²) in [5.74, 6) is -0.210. The molecule has 0 saturated carbocycles. The molecule has 0 atom stereocenters.